The fourth-order valence-electron chi connectivity index (χ4n) is 5.22. The van der Waals surface area contributed by atoms with Gasteiger partial charge in [-0.25, -0.2) is 13.2 Å². The average Bonchev–Trinajstić information content (AvgIpc) is 3.01. The molecule has 0 radical (unpaired) electrons. The van der Waals surface area contributed by atoms with E-state index in [1.165, 1.54) is 16.5 Å². The molecule has 4 aromatic rings. The van der Waals surface area contributed by atoms with Crippen LogP contribution in [0.2, 0.25) is 0 Å². The third-order valence-electron chi connectivity index (χ3n) is 7.42. The van der Waals surface area contributed by atoms with Gasteiger partial charge >= 0.3 is 6.03 Å². The Bertz CT molecular complexity index is 1740. The van der Waals surface area contributed by atoms with E-state index < -0.39 is 10.0 Å². The first-order chi connectivity index (χ1) is 20.7. The van der Waals surface area contributed by atoms with Gasteiger partial charge in [-0.1, -0.05) is 55.8 Å². The van der Waals surface area contributed by atoms with Crippen LogP contribution >= 0.6 is 0 Å². The number of rotatable bonds is 9. The molecule has 1 saturated heterocycles. The van der Waals surface area contributed by atoms with E-state index in [9.17, 15) is 18.0 Å². The molecule has 3 amide bonds. The van der Waals surface area contributed by atoms with E-state index in [2.05, 4.69) is 23.8 Å². The normalized spacial score (nSPS) is 13.6. The molecular formula is C34H36N4O4S. The van der Waals surface area contributed by atoms with E-state index in [0.29, 0.717) is 35.6 Å². The van der Waals surface area contributed by atoms with Crippen molar-refractivity contribution in [1.82, 2.24) is 4.90 Å². The Balaban J connectivity index is 1.35. The van der Waals surface area contributed by atoms with Crippen molar-refractivity contribution in [3.05, 3.63) is 108 Å². The highest BCUT2D eigenvalue weighted by Gasteiger charge is 2.28. The van der Waals surface area contributed by atoms with Gasteiger partial charge in [0.1, 0.15) is 0 Å². The minimum atomic E-state index is -3.95. The number of nitrogens with zero attached hydrogens (tertiary/aromatic N) is 3. The second kappa shape index (κ2) is 12.7. The van der Waals surface area contributed by atoms with Crippen molar-refractivity contribution >= 4 is 39.0 Å². The second-order valence-electron chi connectivity index (χ2n) is 10.8. The summed E-state index contributed by atoms with van der Waals surface area (Å²) >= 11 is 0. The zero-order chi connectivity index (χ0) is 30.6. The van der Waals surface area contributed by atoms with Crippen molar-refractivity contribution < 1.29 is 18.0 Å². The van der Waals surface area contributed by atoms with Crippen molar-refractivity contribution in [1.29, 1.82) is 0 Å². The number of hydrogen-bond donors (Lipinski definition) is 1. The second-order valence-corrected chi connectivity index (χ2v) is 12.5. The van der Waals surface area contributed by atoms with Gasteiger partial charge in [-0.3, -0.25) is 19.3 Å². The van der Waals surface area contributed by atoms with E-state index in [-0.39, 0.29) is 16.8 Å². The molecular weight excluding hydrogens is 560 g/mol. The first-order valence-corrected chi connectivity index (χ1v) is 15.9. The summed E-state index contributed by atoms with van der Waals surface area (Å²) < 4.78 is 29.6. The largest absolute Gasteiger partial charge is 0.345 e. The maximum Gasteiger partial charge on any atom is 0.328 e. The number of sulfonamides is 1. The van der Waals surface area contributed by atoms with Crippen molar-refractivity contribution in [2.75, 3.05) is 41.7 Å². The number of nitrogens with one attached hydrogen (secondary N) is 1. The topological polar surface area (TPSA) is 90.0 Å². The van der Waals surface area contributed by atoms with Crippen LogP contribution in [0.3, 0.4) is 0 Å². The molecule has 0 bridgehead atoms. The Kier molecular flexibility index (Phi) is 8.82. The Labute approximate surface area is 253 Å². The molecule has 8 nitrogen and oxygen atoms in total. The number of aryl methyl sites for hydroxylation is 1. The van der Waals surface area contributed by atoms with Gasteiger partial charge in [-0.15, -0.1) is 0 Å². The maximum atomic E-state index is 13.5. The summed E-state index contributed by atoms with van der Waals surface area (Å²) in [5, 5.41) is 0. The third kappa shape index (κ3) is 6.73. The van der Waals surface area contributed by atoms with Crippen LogP contribution in [0.5, 0.6) is 0 Å². The van der Waals surface area contributed by atoms with Gasteiger partial charge in [0, 0.05) is 44.1 Å². The predicted octanol–water partition coefficient (Wildman–Crippen LogP) is 6.65. The third-order valence-corrected chi connectivity index (χ3v) is 8.79. The standard InChI is InChI=1S/C34H36N4O4S/c1-4-9-25-16-18-30(19-17-25)37-20-8-21-38(34(37)40)31-14-7-13-29(24-31)35-43(41,42)32-15-6-11-27(23-32)26-10-5-12-28(22-26)33(39)36(2)3/h5-7,10-19,22-24,35H,4,8-9,20-21H2,1-3H3. The number of carbonyl (C=O) groups excluding carboxylic acids is 2. The zero-order valence-corrected chi connectivity index (χ0v) is 25.5. The quantitative estimate of drug-likeness (QED) is 0.234. The fraction of sp³-hybridized carbons (Fsp3) is 0.235. The molecule has 1 N–H and O–H groups in total. The highest BCUT2D eigenvalue weighted by Crippen LogP contribution is 2.29. The monoisotopic (exact) mass is 596 g/mol. The molecule has 5 rings (SSSR count). The summed E-state index contributed by atoms with van der Waals surface area (Å²) in [6.45, 7) is 3.30. The van der Waals surface area contributed by atoms with Gasteiger partial charge in [0.25, 0.3) is 15.9 Å². The van der Waals surface area contributed by atoms with E-state index in [1.807, 2.05) is 30.3 Å². The van der Waals surface area contributed by atoms with E-state index in [0.717, 1.165) is 30.5 Å². The van der Waals surface area contributed by atoms with Crippen LogP contribution in [0.15, 0.2) is 102 Å². The van der Waals surface area contributed by atoms with Crippen molar-refractivity contribution in [3.8, 4) is 11.1 Å². The summed E-state index contributed by atoms with van der Waals surface area (Å²) in [4.78, 5) is 31.0. The van der Waals surface area contributed by atoms with Crippen LogP contribution in [-0.4, -0.2) is 52.4 Å². The zero-order valence-electron chi connectivity index (χ0n) is 24.7. The number of hydrogen-bond acceptors (Lipinski definition) is 4. The first-order valence-electron chi connectivity index (χ1n) is 14.4. The van der Waals surface area contributed by atoms with Crippen LogP contribution in [0.4, 0.5) is 21.9 Å². The SMILES string of the molecule is CCCc1ccc(N2CCCN(c3cccc(NS(=O)(=O)c4cccc(-c5cccc(C(=O)N(C)C)c5)c4)c3)C2=O)cc1. The van der Waals surface area contributed by atoms with Crippen LogP contribution in [0, 0.1) is 0 Å². The van der Waals surface area contributed by atoms with Crippen LogP contribution < -0.4 is 14.5 Å². The van der Waals surface area contributed by atoms with Crippen molar-refractivity contribution in [3.63, 3.8) is 0 Å². The van der Waals surface area contributed by atoms with Gasteiger partial charge in [0.05, 0.1) is 10.6 Å². The summed E-state index contributed by atoms with van der Waals surface area (Å²) in [6, 6.07) is 28.6. The van der Waals surface area contributed by atoms with E-state index >= 15 is 0 Å². The Morgan fingerprint density at radius 1 is 0.814 bits per heavy atom. The maximum absolute atomic E-state index is 13.5. The number of amides is 3. The molecule has 0 aliphatic carbocycles. The number of urea groups is 1. The molecule has 1 aliphatic rings. The molecule has 9 heteroatoms. The lowest BCUT2D eigenvalue weighted by molar-refractivity contribution is 0.0827. The molecule has 0 unspecified atom stereocenters. The lowest BCUT2D eigenvalue weighted by atomic mass is 10.0. The summed E-state index contributed by atoms with van der Waals surface area (Å²) in [5.74, 6) is -0.132. The van der Waals surface area contributed by atoms with Crippen LogP contribution in [-0.2, 0) is 16.4 Å². The molecule has 43 heavy (non-hydrogen) atoms. The summed E-state index contributed by atoms with van der Waals surface area (Å²) in [5.41, 5.74) is 5.00. The molecule has 4 aromatic carbocycles. The summed E-state index contributed by atoms with van der Waals surface area (Å²) in [6.07, 6.45) is 2.85. The lowest BCUT2D eigenvalue weighted by Crippen LogP contribution is -2.49. The average molecular weight is 597 g/mol. The molecule has 1 heterocycles. The highest BCUT2D eigenvalue weighted by atomic mass is 32.2. The van der Waals surface area contributed by atoms with Crippen molar-refractivity contribution in [2.24, 2.45) is 0 Å². The van der Waals surface area contributed by atoms with Gasteiger partial charge in [-0.2, -0.15) is 0 Å². The summed E-state index contributed by atoms with van der Waals surface area (Å²) in [7, 11) is -0.573. The first kappa shape index (κ1) is 29.8. The van der Waals surface area contributed by atoms with Crippen LogP contribution in [0.1, 0.15) is 35.7 Å². The predicted molar refractivity (Wildman–Crippen MR) is 172 cm³/mol. The Hall–Kier alpha value is -4.63. The Morgan fingerprint density at radius 3 is 2.16 bits per heavy atom. The highest BCUT2D eigenvalue weighted by molar-refractivity contribution is 7.92. The fourth-order valence-corrected chi connectivity index (χ4v) is 6.31. The molecule has 1 fully saturated rings. The van der Waals surface area contributed by atoms with Crippen molar-refractivity contribution in [2.45, 2.75) is 31.1 Å². The number of benzene rings is 4. The van der Waals surface area contributed by atoms with Crippen LogP contribution in [0.25, 0.3) is 11.1 Å². The number of anilines is 3. The Morgan fingerprint density at radius 2 is 1.47 bits per heavy atom. The molecule has 1 aliphatic heterocycles. The minimum absolute atomic E-state index is 0.0893. The van der Waals surface area contributed by atoms with Gasteiger partial charge in [0.15, 0.2) is 0 Å². The van der Waals surface area contributed by atoms with Gasteiger partial charge < -0.3 is 4.90 Å². The van der Waals surface area contributed by atoms with E-state index in [1.54, 1.807) is 72.4 Å². The minimum Gasteiger partial charge on any atom is -0.345 e. The number of carbonyl (C=O) groups is 2. The molecule has 222 valence electrons. The molecule has 0 saturated carbocycles. The molecule has 0 atom stereocenters. The smallest absolute Gasteiger partial charge is 0.328 e. The van der Waals surface area contributed by atoms with Gasteiger partial charge in [-0.05, 0) is 84.1 Å². The van der Waals surface area contributed by atoms with E-state index in [4.69, 9.17) is 0 Å². The lowest BCUT2D eigenvalue weighted by Gasteiger charge is -2.36. The molecule has 0 aromatic heterocycles. The van der Waals surface area contributed by atoms with Gasteiger partial charge in [0.2, 0.25) is 0 Å². The molecule has 0 spiro atoms.